The second-order valence-corrected chi connectivity index (χ2v) is 7.81. The van der Waals surface area contributed by atoms with Crippen molar-refractivity contribution in [3.05, 3.63) is 0 Å². The normalized spacial score (nSPS) is 28.1. The standard InChI is InChI=1S/C19H35N3O3/c23-15-18-3-1-2-9-21(18)12-8-20-19(24)16-4-10-22(11-5-16)17-6-13-25-14-7-17/h16-18,23H,1-15H2,(H,20,24). The third kappa shape index (κ3) is 5.39. The minimum atomic E-state index is 0.172. The lowest BCUT2D eigenvalue weighted by molar-refractivity contribution is -0.126. The maximum absolute atomic E-state index is 12.5. The van der Waals surface area contributed by atoms with Gasteiger partial charge in [0.15, 0.2) is 0 Å². The monoisotopic (exact) mass is 353 g/mol. The van der Waals surface area contributed by atoms with Crippen molar-refractivity contribution in [2.24, 2.45) is 5.92 Å². The van der Waals surface area contributed by atoms with Gasteiger partial charge in [-0.05, 0) is 58.2 Å². The second kappa shape index (κ2) is 9.86. The zero-order chi connectivity index (χ0) is 17.5. The fourth-order valence-corrected chi connectivity index (χ4v) is 4.61. The van der Waals surface area contributed by atoms with Crippen molar-refractivity contribution in [2.45, 2.75) is 57.0 Å². The van der Waals surface area contributed by atoms with E-state index in [-0.39, 0.29) is 24.5 Å². The Morgan fingerprint density at radius 1 is 1.04 bits per heavy atom. The lowest BCUT2D eigenvalue weighted by atomic mass is 9.93. The van der Waals surface area contributed by atoms with E-state index in [0.717, 1.165) is 71.5 Å². The van der Waals surface area contributed by atoms with Crippen LogP contribution in [0, 0.1) is 5.92 Å². The van der Waals surface area contributed by atoms with Crippen molar-refractivity contribution >= 4 is 5.91 Å². The van der Waals surface area contributed by atoms with Crippen LogP contribution in [0.2, 0.25) is 0 Å². The summed E-state index contributed by atoms with van der Waals surface area (Å²) in [6.07, 6.45) is 7.72. The quantitative estimate of drug-likeness (QED) is 0.741. The Labute approximate surface area is 151 Å². The number of aliphatic hydroxyl groups is 1. The lowest BCUT2D eigenvalue weighted by Crippen LogP contribution is -2.48. The summed E-state index contributed by atoms with van der Waals surface area (Å²) in [5, 5.41) is 12.6. The van der Waals surface area contributed by atoms with E-state index in [2.05, 4.69) is 15.1 Å². The molecule has 0 aromatic heterocycles. The summed E-state index contributed by atoms with van der Waals surface area (Å²) >= 11 is 0. The molecule has 1 atom stereocenters. The zero-order valence-corrected chi connectivity index (χ0v) is 15.5. The van der Waals surface area contributed by atoms with Crippen LogP contribution >= 0.6 is 0 Å². The van der Waals surface area contributed by atoms with Crippen molar-refractivity contribution < 1.29 is 14.6 Å². The molecule has 0 radical (unpaired) electrons. The molecule has 1 unspecified atom stereocenters. The smallest absolute Gasteiger partial charge is 0.223 e. The van der Waals surface area contributed by atoms with Gasteiger partial charge in [0, 0.05) is 44.3 Å². The van der Waals surface area contributed by atoms with Gasteiger partial charge in [-0.1, -0.05) is 6.42 Å². The van der Waals surface area contributed by atoms with Gasteiger partial charge in [0.2, 0.25) is 5.91 Å². The minimum Gasteiger partial charge on any atom is -0.395 e. The topological polar surface area (TPSA) is 65.0 Å². The van der Waals surface area contributed by atoms with Gasteiger partial charge in [0.05, 0.1) is 6.61 Å². The molecule has 2 N–H and O–H groups in total. The molecule has 3 saturated heterocycles. The Hall–Kier alpha value is -0.690. The first-order chi connectivity index (χ1) is 12.3. The summed E-state index contributed by atoms with van der Waals surface area (Å²) in [6.45, 7) is 6.70. The first kappa shape index (κ1) is 19.1. The minimum absolute atomic E-state index is 0.172. The predicted octanol–water partition coefficient (Wildman–Crippen LogP) is 0.840. The van der Waals surface area contributed by atoms with E-state index in [1.807, 2.05) is 0 Å². The van der Waals surface area contributed by atoms with Crippen LogP contribution in [0.1, 0.15) is 44.9 Å². The molecule has 6 nitrogen and oxygen atoms in total. The van der Waals surface area contributed by atoms with Gasteiger partial charge >= 0.3 is 0 Å². The highest BCUT2D eigenvalue weighted by Gasteiger charge is 2.29. The van der Waals surface area contributed by atoms with E-state index in [1.54, 1.807) is 0 Å². The van der Waals surface area contributed by atoms with Gasteiger partial charge in [-0.25, -0.2) is 0 Å². The van der Waals surface area contributed by atoms with E-state index in [0.29, 0.717) is 12.6 Å². The third-order valence-corrected chi connectivity index (χ3v) is 6.27. The number of nitrogens with zero attached hydrogens (tertiary/aromatic N) is 2. The fraction of sp³-hybridized carbons (Fsp3) is 0.947. The number of piperidine rings is 2. The number of hydrogen-bond donors (Lipinski definition) is 2. The van der Waals surface area contributed by atoms with Gasteiger partial charge in [0.1, 0.15) is 0 Å². The highest BCUT2D eigenvalue weighted by molar-refractivity contribution is 5.78. The highest BCUT2D eigenvalue weighted by atomic mass is 16.5. The predicted molar refractivity (Wildman–Crippen MR) is 97.4 cm³/mol. The number of ether oxygens (including phenoxy) is 1. The molecule has 0 saturated carbocycles. The van der Waals surface area contributed by atoms with E-state index < -0.39 is 0 Å². The molecule has 1 amide bonds. The Morgan fingerprint density at radius 2 is 1.80 bits per heavy atom. The van der Waals surface area contributed by atoms with Crippen LogP contribution in [-0.2, 0) is 9.53 Å². The number of hydrogen-bond acceptors (Lipinski definition) is 5. The van der Waals surface area contributed by atoms with Crippen LogP contribution in [0.15, 0.2) is 0 Å². The Bertz CT molecular complexity index is 407. The number of rotatable bonds is 6. The van der Waals surface area contributed by atoms with Crippen LogP contribution in [0.3, 0.4) is 0 Å². The van der Waals surface area contributed by atoms with Crippen molar-refractivity contribution in [1.29, 1.82) is 0 Å². The van der Waals surface area contributed by atoms with Gasteiger partial charge < -0.3 is 20.1 Å². The average molecular weight is 354 g/mol. The lowest BCUT2D eigenvalue weighted by Gasteiger charge is -2.39. The molecule has 0 aromatic rings. The second-order valence-electron chi connectivity index (χ2n) is 7.81. The molecule has 3 aliphatic rings. The summed E-state index contributed by atoms with van der Waals surface area (Å²) in [7, 11) is 0. The van der Waals surface area contributed by atoms with Gasteiger partial charge in [-0.2, -0.15) is 0 Å². The molecule has 0 bridgehead atoms. The van der Waals surface area contributed by atoms with E-state index in [1.165, 1.54) is 12.8 Å². The molecule has 3 rings (SSSR count). The summed E-state index contributed by atoms with van der Waals surface area (Å²) < 4.78 is 5.45. The molecule has 144 valence electrons. The third-order valence-electron chi connectivity index (χ3n) is 6.27. The van der Waals surface area contributed by atoms with Crippen LogP contribution in [-0.4, -0.2) is 85.4 Å². The maximum Gasteiger partial charge on any atom is 0.223 e. The number of aliphatic hydroxyl groups excluding tert-OH is 1. The Morgan fingerprint density at radius 3 is 2.52 bits per heavy atom. The van der Waals surface area contributed by atoms with Crippen molar-refractivity contribution in [2.75, 3.05) is 52.5 Å². The number of amides is 1. The van der Waals surface area contributed by atoms with E-state index in [4.69, 9.17) is 4.74 Å². The van der Waals surface area contributed by atoms with Gasteiger partial charge in [0.25, 0.3) is 0 Å². The first-order valence-corrected chi connectivity index (χ1v) is 10.2. The molecule has 6 heteroatoms. The number of likely N-dealkylation sites (tertiary alicyclic amines) is 2. The summed E-state index contributed by atoms with van der Waals surface area (Å²) in [5.41, 5.74) is 0. The fourth-order valence-electron chi connectivity index (χ4n) is 4.61. The molecule has 3 aliphatic heterocycles. The molecule has 3 heterocycles. The molecular weight excluding hydrogens is 318 g/mol. The van der Waals surface area contributed by atoms with Crippen molar-refractivity contribution in [3.63, 3.8) is 0 Å². The zero-order valence-electron chi connectivity index (χ0n) is 15.5. The van der Waals surface area contributed by atoms with Crippen molar-refractivity contribution in [3.8, 4) is 0 Å². The van der Waals surface area contributed by atoms with Crippen LogP contribution in [0.25, 0.3) is 0 Å². The van der Waals surface area contributed by atoms with Crippen LogP contribution in [0.4, 0.5) is 0 Å². The number of carbonyl (C=O) groups excluding carboxylic acids is 1. The molecule has 25 heavy (non-hydrogen) atoms. The molecule has 3 fully saturated rings. The van der Waals surface area contributed by atoms with Gasteiger partial charge in [-0.15, -0.1) is 0 Å². The maximum atomic E-state index is 12.5. The molecular formula is C19H35N3O3. The van der Waals surface area contributed by atoms with E-state index in [9.17, 15) is 9.90 Å². The summed E-state index contributed by atoms with van der Waals surface area (Å²) in [5.74, 6) is 0.398. The summed E-state index contributed by atoms with van der Waals surface area (Å²) in [4.78, 5) is 17.3. The largest absolute Gasteiger partial charge is 0.395 e. The number of carbonyl (C=O) groups is 1. The van der Waals surface area contributed by atoms with Crippen LogP contribution < -0.4 is 5.32 Å². The Kier molecular flexibility index (Phi) is 7.52. The SMILES string of the molecule is O=C(NCCN1CCCCC1CO)C1CCN(C2CCOCC2)CC1. The van der Waals surface area contributed by atoms with E-state index >= 15 is 0 Å². The number of nitrogens with one attached hydrogen (secondary N) is 1. The highest BCUT2D eigenvalue weighted by Crippen LogP contribution is 2.23. The van der Waals surface area contributed by atoms with Gasteiger partial charge in [-0.3, -0.25) is 9.69 Å². The van der Waals surface area contributed by atoms with Crippen molar-refractivity contribution in [1.82, 2.24) is 15.1 Å². The molecule has 0 spiro atoms. The molecule has 0 aromatic carbocycles. The van der Waals surface area contributed by atoms with Crippen LogP contribution in [0.5, 0.6) is 0 Å². The Balaban J connectivity index is 1.33. The summed E-state index contributed by atoms with van der Waals surface area (Å²) in [6, 6.07) is 0.945. The first-order valence-electron chi connectivity index (χ1n) is 10.2. The average Bonchev–Trinajstić information content (AvgIpc) is 2.69. The molecule has 0 aliphatic carbocycles.